The van der Waals surface area contributed by atoms with Gasteiger partial charge in [0.25, 0.3) is 0 Å². The van der Waals surface area contributed by atoms with E-state index in [2.05, 4.69) is 127 Å². The lowest BCUT2D eigenvalue weighted by molar-refractivity contribution is 0.0484. The number of unbranched alkanes of at least 4 members (excludes halogenated alkanes) is 45. The van der Waals surface area contributed by atoms with E-state index >= 15 is 0 Å². The highest BCUT2D eigenvalue weighted by Gasteiger charge is 2.17. The Morgan fingerprint density at radius 2 is 0.361 bits per heavy atom. The monoisotopic (exact) mass is 1470 g/mol. The van der Waals surface area contributed by atoms with Gasteiger partial charge in [0.1, 0.15) is 0 Å². The van der Waals surface area contributed by atoms with E-state index in [1.165, 1.54) is 212 Å². The third-order valence-corrected chi connectivity index (χ3v) is 19.0. The first-order chi connectivity index (χ1) is 53.5. The van der Waals surface area contributed by atoms with Crippen molar-refractivity contribution in [2.45, 2.75) is 348 Å². The predicted molar refractivity (Wildman–Crippen MR) is 450 cm³/mol. The molecule has 0 radical (unpaired) electrons. The molecule has 3 aromatic carbocycles. The molecule has 108 heavy (non-hydrogen) atoms. The molecule has 0 atom stereocenters. The van der Waals surface area contributed by atoms with E-state index in [0.717, 1.165) is 116 Å². The molecule has 0 unspecified atom stereocenters. The number of ether oxygens (including phenoxy) is 9. The average molecular weight is 1470 g/mol. The van der Waals surface area contributed by atoms with Crippen LogP contribution in [0.3, 0.4) is 0 Å². The van der Waals surface area contributed by atoms with Gasteiger partial charge in [0, 0.05) is 130 Å². The zero-order chi connectivity index (χ0) is 76.6. The molecule has 1 aliphatic carbocycles. The second kappa shape index (κ2) is 68.6. The first kappa shape index (κ1) is 92.8. The highest BCUT2D eigenvalue weighted by Crippen LogP contribution is 2.36. The van der Waals surface area contributed by atoms with Gasteiger partial charge in [-0.25, -0.2) is 0 Å². The third-order valence-electron chi connectivity index (χ3n) is 19.0. The lowest BCUT2D eigenvalue weighted by Crippen LogP contribution is -2.06. The summed E-state index contributed by atoms with van der Waals surface area (Å²) in [5.41, 5.74) is 3.93. The molecule has 0 fully saturated rings. The second-order valence-electron chi connectivity index (χ2n) is 28.6. The summed E-state index contributed by atoms with van der Waals surface area (Å²) in [5, 5.41) is 0. The van der Waals surface area contributed by atoms with Crippen molar-refractivity contribution in [3.05, 3.63) is 69.8 Å². The number of fused-ring (bicyclic) bond motifs is 3. The maximum atomic E-state index is 6.57. The van der Waals surface area contributed by atoms with E-state index in [4.69, 9.17) is 42.6 Å². The van der Waals surface area contributed by atoms with Crippen LogP contribution in [0, 0.1) is 107 Å². The topological polar surface area (TPSA) is 83.1 Å². The minimum Gasteiger partial charge on any atom is -0.490 e. The van der Waals surface area contributed by atoms with Gasteiger partial charge in [-0.05, 0) is 93.3 Å². The molecule has 9 nitrogen and oxygen atoms in total. The van der Waals surface area contributed by atoms with Gasteiger partial charge in [-0.1, -0.05) is 323 Å². The third kappa shape index (κ3) is 48.0. The Kier molecular flexibility index (Phi) is 59.0. The minimum atomic E-state index is 0.0271. The lowest BCUT2D eigenvalue weighted by atomic mass is 10.0. The van der Waals surface area contributed by atoms with E-state index < -0.39 is 0 Å². The Hall–Kier alpha value is -7.62. The highest BCUT2D eigenvalue weighted by atomic mass is 16.7. The second-order valence-corrected chi connectivity index (χ2v) is 28.6. The zero-order valence-corrected chi connectivity index (χ0v) is 68.4. The molecule has 0 aliphatic heterocycles. The van der Waals surface area contributed by atoms with Crippen molar-refractivity contribution >= 4 is 0 Å². The van der Waals surface area contributed by atoms with Crippen LogP contribution in [-0.2, 0) is 14.2 Å². The zero-order valence-electron chi connectivity index (χ0n) is 68.4. The molecule has 3 aromatic rings. The molecule has 0 bridgehead atoms. The summed E-state index contributed by atoms with van der Waals surface area (Å²) in [6.45, 7) is 8.44. The van der Waals surface area contributed by atoms with Crippen LogP contribution in [-0.4, -0.2) is 61.5 Å². The van der Waals surface area contributed by atoms with E-state index in [9.17, 15) is 0 Å². The van der Waals surface area contributed by atoms with E-state index in [-0.39, 0.29) is 20.4 Å². The first-order valence-electron chi connectivity index (χ1n) is 42.8. The predicted octanol–water partition coefficient (Wildman–Crippen LogP) is 25.3. The molecule has 0 amide bonds. The van der Waals surface area contributed by atoms with Gasteiger partial charge in [0.05, 0.1) is 19.8 Å². The quantitative estimate of drug-likeness (QED) is 0.0244. The van der Waals surface area contributed by atoms with Gasteiger partial charge in [0.2, 0.25) is 0 Å². The van der Waals surface area contributed by atoms with E-state index in [0.29, 0.717) is 87.7 Å². The van der Waals surface area contributed by atoms with Crippen LogP contribution in [0.15, 0.2) is 36.4 Å². The number of hydrogen-bond donors (Lipinski definition) is 0. The summed E-state index contributed by atoms with van der Waals surface area (Å²) in [7, 11) is 4.83. The Morgan fingerprint density at radius 1 is 0.204 bits per heavy atom. The van der Waals surface area contributed by atoms with Crippen molar-refractivity contribution in [3.63, 3.8) is 0 Å². The standard InChI is InChI=1S/C99H138O9/c1-7-10-13-16-19-22-25-28-31-34-37-40-43-46-49-52-55-58-61-64-67-76-103-94-79-88-70-73-92-83-98(107-86-101-5)96(105-78-69-66-63-60-57-54-51-48-45-42-39-36-33-30-27-24-21-18-15-12-9-3)81-90(92)72-75-93-84-99(108-87-102-6)95(80-89(93)71-74-91(88)82-97(94)106-85-100-4)104-77-68-65-62-59-56-53-50-47-44-41-38-35-32-29-26-23-20-17-14-11-8-2/h79-84H,7-30,43-69,76-78,85-87H2,1-6H3. The molecule has 0 heterocycles. The van der Waals surface area contributed by atoms with Crippen molar-refractivity contribution in [2.75, 3.05) is 61.5 Å². The van der Waals surface area contributed by atoms with E-state index in [1.807, 2.05) is 36.4 Å². The van der Waals surface area contributed by atoms with Gasteiger partial charge < -0.3 is 42.6 Å². The number of methoxy groups -OCH3 is 3. The summed E-state index contributed by atoms with van der Waals surface area (Å²) in [6.07, 6.45) is 60.5. The van der Waals surface area contributed by atoms with Gasteiger partial charge in [-0.2, -0.15) is 0 Å². The molecule has 9 heteroatoms. The van der Waals surface area contributed by atoms with Crippen LogP contribution in [0.5, 0.6) is 34.5 Å². The van der Waals surface area contributed by atoms with Crippen molar-refractivity contribution in [2.24, 2.45) is 0 Å². The molecular formula is C99H138O9. The fourth-order valence-corrected chi connectivity index (χ4v) is 12.6. The molecule has 0 N–H and O–H groups in total. The molecule has 0 saturated carbocycles. The van der Waals surface area contributed by atoms with Gasteiger partial charge >= 0.3 is 0 Å². The molecule has 588 valence electrons. The summed E-state index contributed by atoms with van der Waals surface area (Å²) in [4.78, 5) is 0. The Labute approximate surface area is 659 Å². The number of hydrogen-bond acceptors (Lipinski definition) is 9. The number of benzene rings is 3. The van der Waals surface area contributed by atoms with Crippen LogP contribution in [0.1, 0.15) is 382 Å². The van der Waals surface area contributed by atoms with Crippen molar-refractivity contribution < 1.29 is 42.6 Å². The average Bonchev–Trinajstić information content (AvgIpc) is 0.798. The highest BCUT2D eigenvalue weighted by molar-refractivity contribution is 5.67. The molecule has 4 rings (SSSR count). The maximum Gasteiger partial charge on any atom is 0.188 e. The minimum absolute atomic E-state index is 0.0271. The molecule has 0 saturated heterocycles. The van der Waals surface area contributed by atoms with Gasteiger partial charge in [0.15, 0.2) is 54.9 Å². The van der Waals surface area contributed by atoms with E-state index in [1.54, 1.807) is 21.3 Å². The SMILES string of the molecule is CCCCCCCCCC#CC#CCCCCCCCCCCOc1cc2c(cc1OCOC)C#Cc1cc(OCCCCCCCCCCC#CC#CCCCCCCCCC)c(OCOC)cc1C#Cc1cc(OCCCCCCCCCCC#CC#CCCCCCCCCC)c(OCOC)cc1C#C2. The molecule has 0 aromatic heterocycles. The number of rotatable bonds is 63. The normalized spacial score (nSPS) is 10.6. The van der Waals surface area contributed by atoms with Gasteiger partial charge in [-0.3, -0.25) is 0 Å². The summed E-state index contributed by atoms with van der Waals surface area (Å²) in [5.74, 6) is 62.1. The van der Waals surface area contributed by atoms with Crippen LogP contribution >= 0.6 is 0 Å². The fourth-order valence-electron chi connectivity index (χ4n) is 12.6. The van der Waals surface area contributed by atoms with Crippen LogP contribution in [0.25, 0.3) is 0 Å². The maximum absolute atomic E-state index is 6.57. The van der Waals surface area contributed by atoms with Crippen molar-refractivity contribution in [3.8, 4) is 141 Å². The summed E-state index contributed by atoms with van der Waals surface area (Å²) >= 11 is 0. The van der Waals surface area contributed by atoms with Gasteiger partial charge in [-0.15, -0.1) is 0 Å². The lowest BCUT2D eigenvalue weighted by Gasteiger charge is -2.15. The molecule has 0 spiro atoms. The van der Waals surface area contributed by atoms with Crippen LogP contribution in [0.4, 0.5) is 0 Å². The Bertz CT molecular complexity index is 3110. The first-order valence-corrected chi connectivity index (χ1v) is 42.8. The Morgan fingerprint density at radius 3 is 0.537 bits per heavy atom. The molecular weight excluding hydrogens is 1330 g/mol. The smallest absolute Gasteiger partial charge is 0.188 e. The largest absolute Gasteiger partial charge is 0.490 e. The fraction of sp³-hybridized carbons (Fsp3) is 0.636. The summed E-state index contributed by atoms with van der Waals surface area (Å²) in [6, 6.07) is 11.5. The van der Waals surface area contributed by atoms with Crippen molar-refractivity contribution in [1.29, 1.82) is 0 Å². The Balaban J connectivity index is 1.44. The van der Waals surface area contributed by atoms with Crippen molar-refractivity contribution in [1.82, 2.24) is 0 Å². The van der Waals surface area contributed by atoms with Crippen LogP contribution < -0.4 is 28.4 Å². The van der Waals surface area contributed by atoms with Crippen LogP contribution in [0.2, 0.25) is 0 Å². The summed E-state index contributed by atoms with van der Waals surface area (Å²) < 4.78 is 54.7. The molecule has 1 aliphatic rings.